The number of rotatable bonds is 8. The topological polar surface area (TPSA) is 55.0 Å². The molecule has 0 amide bonds. The van der Waals surface area contributed by atoms with Crippen LogP contribution in [0.2, 0.25) is 0 Å². The third kappa shape index (κ3) is 6.51. The Morgan fingerprint density at radius 1 is 1.07 bits per heavy atom. The van der Waals surface area contributed by atoms with E-state index in [1.54, 1.807) is 19.2 Å². The summed E-state index contributed by atoms with van der Waals surface area (Å²) in [6.45, 7) is 0.825. The van der Waals surface area contributed by atoms with E-state index in [0.717, 1.165) is 24.4 Å². The molecule has 1 unspecified atom stereocenters. The maximum absolute atomic E-state index is 12.3. The van der Waals surface area contributed by atoms with Crippen LogP contribution in [0.4, 0.5) is 14.5 Å². The van der Waals surface area contributed by atoms with Crippen LogP contribution in [-0.4, -0.2) is 56.6 Å². The Morgan fingerprint density at radius 3 is 2.30 bits per heavy atom. The Hall–Kier alpha value is -2.49. The highest BCUT2D eigenvalue weighted by Crippen LogP contribution is 2.24. The Balaban J connectivity index is 1.60. The summed E-state index contributed by atoms with van der Waals surface area (Å²) in [6, 6.07) is 14.3. The molecule has 30 heavy (non-hydrogen) atoms. The van der Waals surface area contributed by atoms with Crippen molar-refractivity contribution >= 4 is 23.0 Å². The summed E-state index contributed by atoms with van der Waals surface area (Å²) in [5, 5.41) is 6.77. The van der Waals surface area contributed by atoms with E-state index >= 15 is 0 Å². The average Bonchev–Trinajstić information content (AvgIpc) is 2.76. The number of thiocarbonyl (C=S) groups is 1. The van der Waals surface area contributed by atoms with E-state index in [9.17, 15) is 8.78 Å². The normalized spacial score (nSPS) is 15.5. The first-order chi connectivity index (χ1) is 14.5. The monoisotopic (exact) mass is 437 g/mol. The zero-order chi connectivity index (χ0) is 21.3. The van der Waals surface area contributed by atoms with E-state index in [4.69, 9.17) is 21.7 Å². The van der Waals surface area contributed by atoms with Gasteiger partial charge in [-0.25, -0.2) is 0 Å². The van der Waals surface area contributed by atoms with Crippen LogP contribution < -0.4 is 20.1 Å². The Bertz CT molecular complexity index is 800. The first-order valence-corrected chi connectivity index (χ1v) is 10.0. The lowest BCUT2D eigenvalue weighted by Gasteiger charge is -2.35. The molecule has 1 saturated heterocycles. The van der Waals surface area contributed by atoms with Crippen molar-refractivity contribution in [2.45, 2.75) is 12.7 Å². The molecule has 0 aliphatic carbocycles. The van der Waals surface area contributed by atoms with E-state index in [1.165, 1.54) is 12.1 Å². The van der Waals surface area contributed by atoms with Gasteiger partial charge < -0.3 is 24.8 Å². The predicted octanol–water partition coefficient (Wildman–Crippen LogP) is 3.66. The van der Waals surface area contributed by atoms with Crippen LogP contribution in [-0.2, 0) is 4.74 Å². The number of hydrogen-bond donors (Lipinski definition) is 2. The van der Waals surface area contributed by atoms with Gasteiger partial charge in [0.05, 0.1) is 26.4 Å². The molecule has 0 bridgehead atoms. The minimum absolute atomic E-state index is 0.0984. The molecule has 1 aliphatic heterocycles. The van der Waals surface area contributed by atoms with Crippen molar-refractivity contribution in [3.05, 3.63) is 54.1 Å². The Morgan fingerprint density at radius 2 is 1.70 bits per heavy atom. The number of nitrogens with one attached hydrogen (secondary N) is 2. The van der Waals surface area contributed by atoms with Crippen LogP contribution in [0.15, 0.2) is 48.5 Å². The molecule has 3 rings (SSSR count). The molecule has 0 aromatic heterocycles. The molecule has 1 fully saturated rings. The van der Waals surface area contributed by atoms with E-state index in [0.29, 0.717) is 30.6 Å². The molecule has 1 heterocycles. The van der Waals surface area contributed by atoms with Gasteiger partial charge in [-0.05, 0) is 54.2 Å². The maximum Gasteiger partial charge on any atom is 0.387 e. The largest absolute Gasteiger partial charge is 0.497 e. The number of anilines is 1. The molecule has 0 saturated carbocycles. The second-order valence-corrected chi connectivity index (χ2v) is 7.08. The fourth-order valence-electron chi connectivity index (χ4n) is 3.26. The smallest absolute Gasteiger partial charge is 0.387 e. The Labute approximate surface area is 180 Å². The van der Waals surface area contributed by atoms with E-state index in [-0.39, 0.29) is 11.8 Å². The molecule has 0 radical (unpaired) electrons. The fraction of sp³-hybridized carbons (Fsp3) is 0.381. The van der Waals surface area contributed by atoms with E-state index in [2.05, 4.69) is 32.4 Å². The molecule has 2 aromatic carbocycles. The first-order valence-electron chi connectivity index (χ1n) is 9.60. The number of hydrogen-bond acceptors (Lipinski definition) is 5. The molecule has 1 aliphatic rings. The van der Waals surface area contributed by atoms with Gasteiger partial charge in [0, 0.05) is 25.3 Å². The van der Waals surface area contributed by atoms with Crippen molar-refractivity contribution in [3.8, 4) is 11.5 Å². The SMILES string of the molecule is COc1ccc(C(CNC(=S)Nc2ccc(OC(F)F)cc2)N2CCOCC2)cc1. The summed E-state index contributed by atoms with van der Waals surface area (Å²) in [6.07, 6.45) is 0. The molecule has 2 aromatic rings. The lowest BCUT2D eigenvalue weighted by atomic mass is 10.0. The number of benzene rings is 2. The summed E-state index contributed by atoms with van der Waals surface area (Å²) < 4.78 is 39.6. The van der Waals surface area contributed by atoms with Crippen molar-refractivity contribution < 1.29 is 23.0 Å². The molecule has 6 nitrogen and oxygen atoms in total. The van der Waals surface area contributed by atoms with Crippen LogP contribution in [0.3, 0.4) is 0 Å². The standard InChI is InChI=1S/C21H25F2N3O3S/c1-27-17-6-2-15(3-7-17)19(26-10-12-28-13-11-26)14-24-21(30)25-16-4-8-18(9-5-16)29-20(22)23/h2-9,19-20H,10-14H2,1H3,(H2,24,25,30). The number of halogens is 2. The van der Waals surface area contributed by atoms with Crippen molar-refractivity contribution in [1.82, 2.24) is 10.2 Å². The number of nitrogens with zero attached hydrogens (tertiary/aromatic N) is 1. The van der Waals surface area contributed by atoms with Crippen LogP contribution >= 0.6 is 12.2 Å². The Kier molecular flexibility index (Phi) is 8.18. The molecular formula is C21H25F2N3O3S. The highest BCUT2D eigenvalue weighted by molar-refractivity contribution is 7.80. The zero-order valence-electron chi connectivity index (χ0n) is 16.6. The third-order valence-electron chi connectivity index (χ3n) is 4.78. The van der Waals surface area contributed by atoms with Gasteiger partial charge >= 0.3 is 6.61 Å². The van der Waals surface area contributed by atoms with Crippen molar-refractivity contribution in [3.63, 3.8) is 0 Å². The number of ether oxygens (including phenoxy) is 3. The number of morpholine rings is 1. The summed E-state index contributed by atoms with van der Waals surface area (Å²) in [4.78, 5) is 2.36. The summed E-state index contributed by atoms with van der Waals surface area (Å²) in [5.74, 6) is 0.908. The minimum atomic E-state index is -2.85. The van der Waals surface area contributed by atoms with Gasteiger partial charge in [0.1, 0.15) is 11.5 Å². The van der Waals surface area contributed by atoms with Gasteiger partial charge in [-0.3, -0.25) is 4.90 Å². The average molecular weight is 438 g/mol. The zero-order valence-corrected chi connectivity index (χ0v) is 17.5. The molecule has 2 N–H and O–H groups in total. The lowest BCUT2D eigenvalue weighted by molar-refractivity contribution is -0.0498. The van der Waals surface area contributed by atoms with Crippen molar-refractivity contribution in [2.75, 3.05) is 45.3 Å². The highest BCUT2D eigenvalue weighted by Gasteiger charge is 2.23. The highest BCUT2D eigenvalue weighted by atomic mass is 32.1. The van der Waals surface area contributed by atoms with Gasteiger partial charge in [0.25, 0.3) is 0 Å². The van der Waals surface area contributed by atoms with Crippen LogP contribution in [0.5, 0.6) is 11.5 Å². The molecule has 162 valence electrons. The van der Waals surface area contributed by atoms with Crippen LogP contribution in [0, 0.1) is 0 Å². The van der Waals surface area contributed by atoms with Crippen LogP contribution in [0.1, 0.15) is 11.6 Å². The van der Waals surface area contributed by atoms with Crippen LogP contribution in [0.25, 0.3) is 0 Å². The van der Waals surface area contributed by atoms with E-state index in [1.807, 2.05) is 12.1 Å². The molecular weight excluding hydrogens is 412 g/mol. The van der Waals surface area contributed by atoms with Gasteiger partial charge in [-0.1, -0.05) is 12.1 Å². The number of alkyl halides is 2. The fourth-order valence-corrected chi connectivity index (χ4v) is 3.46. The quantitative estimate of drug-likeness (QED) is 0.612. The third-order valence-corrected chi connectivity index (χ3v) is 5.03. The number of methoxy groups -OCH3 is 1. The summed E-state index contributed by atoms with van der Waals surface area (Å²) in [5.41, 5.74) is 1.84. The minimum Gasteiger partial charge on any atom is -0.497 e. The second kappa shape index (κ2) is 11.1. The van der Waals surface area contributed by atoms with E-state index < -0.39 is 6.61 Å². The van der Waals surface area contributed by atoms with Gasteiger partial charge in [0.2, 0.25) is 0 Å². The maximum atomic E-state index is 12.3. The molecule has 1 atom stereocenters. The second-order valence-electron chi connectivity index (χ2n) is 6.68. The predicted molar refractivity (Wildman–Crippen MR) is 115 cm³/mol. The van der Waals surface area contributed by atoms with Gasteiger partial charge in [-0.15, -0.1) is 0 Å². The summed E-state index contributed by atoms with van der Waals surface area (Å²) >= 11 is 5.41. The summed E-state index contributed by atoms with van der Waals surface area (Å²) in [7, 11) is 1.65. The van der Waals surface area contributed by atoms with Crippen molar-refractivity contribution in [1.29, 1.82) is 0 Å². The van der Waals surface area contributed by atoms with Crippen molar-refractivity contribution in [2.24, 2.45) is 0 Å². The molecule has 9 heteroatoms. The van der Waals surface area contributed by atoms with Gasteiger partial charge in [0.15, 0.2) is 5.11 Å². The molecule has 0 spiro atoms. The first kappa shape index (κ1) is 22.2. The lowest BCUT2D eigenvalue weighted by Crippen LogP contribution is -2.44. The van der Waals surface area contributed by atoms with Gasteiger partial charge in [-0.2, -0.15) is 8.78 Å².